The van der Waals surface area contributed by atoms with Gasteiger partial charge in [0.2, 0.25) is 0 Å². The van der Waals surface area contributed by atoms with Crippen LogP contribution in [0.3, 0.4) is 0 Å². The highest BCUT2D eigenvalue weighted by Gasteiger charge is 2.33. The number of esters is 1. The van der Waals surface area contributed by atoms with Crippen LogP contribution in [0.15, 0.2) is 4.99 Å². The summed E-state index contributed by atoms with van der Waals surface area (Å²) >= 11 is 0. The van der Waals surface area contributed by atoms with Gasteiger partial charge in [-0.3, -0.25) is 9.79 Å². The Hall–Kier alpha value is -0.570. The maximum Gasteiger partial charge on any atom is 0.305 e. The van der Waals surface area contributed by atoms with E-state index in [1.807, 2.05) is 6.92 Å². The third-order valence-electron chi connectivity index (χ3n) is 4.57. The number of halogens is 1. The van der Waals surface area contributed by atoms with Crippen molar-refractivity contribution in [3.8, 4) is 0 Å². The molecular formula is C18H36IN3O3. The number of ether oxygens (including phenoxy) is 2. The molecule has 148 valence electrons. The highest BCUT2D eigenvalue weighted by molar-refractivity contribution is 14.0. The molecule has 1 aliphatic carbocycles. The number of nitrogens with one attached hydrogen (secondary N) is 2. The fourth-order valence-electron chi connectivity index (χ4n) is 3.19. The number of carbonyl (C=O) groups excluding carboxylic acids is 1. The first-order valence-corrected chi connectivity index (χ1v) is 9.32. The highest BCUT2D eigenvalue weighted by Crippen LogP contribution is 2.41. The molecule has 0 saturated heterocycles. The average molecular weight is 469 g/mol. The summed E-state index contributed by atoms with van der Waals surface area (Å²) in [6, 6.07) is 0. The monoisotopic (exact) mass is 469 g/mol. The second kappa shape index (κ2) is 14.6. The number of methoxy groups -OCH3 is 1. The first-order valence-electron chi connectivity index (χ1n) is 9.32. The van der Waals surface area contributed by atoms with Crippen molar-refractivity contribution in [3.63, 3.8) is 0 Å². The highest BCUT2D eigenvalue weighted by atomic mass is 127. The summed E-state index contributed by atoms with van der Waals surface area (Å²) in [6.45, 7) is 7.52. The largest absolute Gasteiger partial charge is 0.466 e. The number of aliphatic imine (C=N–C) groups is 1. The van der Waals surface area contributed by atoms with Crippen molar-refractivity contribution >= 4 is 35.9 Å². The second-order valence-corrected chi connectivity index (χ2v) is 6.48. The summed E-state index contributed by atoms with van der Waals surface area (Å²) in [5.41, 5.74) is 0.295. The van der Waals surface area contributed by atoms with Crippen LogP contribution in [0, 0.1) is 5.41 Å². The molecule has 0 aliphatic heterocycles. The van der Waals surface area contributed by atoms with Crippen LogP contribution in [-0.2, 0) is 14.3 Å². The fraction of sp³-hybridized carbons (Fsp3) is 0.889. The van der Waals surface area contributed by atoms with Gasteiger partial charge in [0.1, 0.15) is 0 Å². The number of carbonyl (C=O) groups is 1. The molecule has 0 aromatic rings. The number of guanidine groups is 1. The van der Waals surface area contributed by atoms with E-state index in [2.05, 4.69) is 17.6 Å². The van der Waals surface area contributed by atoms with E-state index in [1.54, 1.807) is 7.11 Å². The molecule has 0 spiro atoms. The summed E-state index contributed by atoms with van der Waals surface area (Å²) in [5.74, 6) is 0.704. The van der Waals surface area contributed by atoms with Gasteiger partial charge >= 0.3 is 5.97 Å². The Balaban J connectivity index is 0.00000576. The van der Waals surface area contributed by atoms with Gasteiger partial charge in [-0.1, -0.05) is 12.8 Å². The van der Waals surface area contributed by atoms with Crippen molar-refractivity contribution in [1.82, 2.24) is 10.6 Å². The lowest BCUT2D eigenvalue weighted by Gasteiger charge is -2.27. The zero-order valence-corrected chi connectivity index (χ0v) is 18.4. The Bertz CT molecular complexity index is 386. The first-order chi connectivity index (χ1) is 11.7. The Morgan fingerprint density at radius 2 is 1.92 bits per heavy atom. The van der Waals surface area contributed by atoms with Crippen LogP contribution in [0.25, 0.3) is 0 Å². The molecule has 6 nitrogen and oxygen atoms in total. The maximum atomic E-state index is 11.3. The van der Waals surface area contributed by atoms with Gasteiger partial charge in [0.05, 0.1) is 6.61 Å². The van der Waals surface area contributed by atoms with Crippen molar-refractivity contribution < 1.29 is 14.3 Å². The molecular weight excluding hydrogens is 433 g/mol. The molecule has 7 heteroatoms. The lowest BCUT2D eigenvalue weighted by atomic mass is 9.83. The fourth-order valence-corrected chi connectivity index (χ4v) is 3.19. The molecule has 25 heavy (non-hydrogen) atoms. The molecule has 2 N–H and O–H groups in total. The molecule has 0 amide bonds. The molecule has 0 unspecified atom stereocenters. The Morgan fingerprint density at radius 1 is 1.20 bits per heavy atom. The van der Waals surface area contributed by atoms with Gasteiger partial charge in [-0.2, -0.15) is 0 Å². The van der Waals surface area contributed by atoms with Gasteiger partial charge in [-0.05, 0) is 44.9 Å². The van der Waals surface area contributed by atoms with Gasteiger partial charge in [0.25, 0.3) is 0 Å². The normalized spacial score (nSPS) is 16.2. The zero-order chi connectivity index (χ0) is 17.7. The van der Waals surface area contributed by atoms with Crippen molar-refractivity contribution in [3.05, 3.63) is 0 Å². The molecule has 1 saturated carbocycles. The van der Waals surface area contributed by atoms with E-state index in [9.17, 15) is 4.79 Å². The molecule has 1 fully saturated rings. The van der Waals surface area contributed by atoms with E-state index in [4.69, 9.17) is 14.5 Å². The summed E-state index contributed by atoms with van der Waals surface area (Å²) in [7, 11) is 1.76. The Kier molecular flexibility index (Phi) is 14.3. The second-order valence-electron chi connectivity index (χ2n) is 6.48. The predicted molar refractivity (Wildman–Crippen MR) is 113 cm³/mol. The molecule has 0 heterocycles. The molecule has 0 aromatic heterocycles. The van der Waals surface area contributed by atoms with Crippen LogP contribution in [-0.4, -0.2) is 51.9 Å². The molecule has 0 bridgehead atoms. The van der Waals surface area contributed by atoms with Crippen molar-refractivity contribution in [1.29, 1.82) is 0 Å². The summed E-state index contributed by atoms with van der Waals surface area (Å²) in [5, 5.41) is 6.60. The van der Waals surface area contributed by atoms with Gasteiger partial charge < -0.3 is 20.1 Å². The van der Waals surface area contributed by atoms with E-state index in [1.165, 1.54) is 25.7 Å². The third kappa shape index (κ3) is 10.2. The number of nitrogens with zero attached hydrogens (tertiary/aromatic N) is 1. The SMILES string of the molecule is CCNC(=NCC1(CCOC)CCCC1)NCCCC(=O)OCC.I. The van der Waals surface area contributed by atoms with E-state index in [0.717, 1.165) is 45.0 Å². The van der Waals surface area contributed by atoms with Crippen LogP contribution >= 0.6 is 24.0 Å². The van der Waals surface area contributed by atoms with Crippen molar-refractivity contribution in [2.75, 3.05) is 40.0 Å². The van der Waals surface area contributed by atoms with Crippen LogP contribution in [0.1, 0.15) is 58.8 Å². The number of hydrogen-bond acceptors (Lipinski definition) is 4. The summed E-state index contributed by atoms with van der Waals surface area (Å²) in [6.07, 6.45) is 7.33. The minimum atomic E-state index is -0.134. The van der Waals surface area contributed by atoms with Crippen LogP contribution in [0.2, 0.25) is 0 Å². The number of rotatable bonds is 11. The van der Waals surface area contributed by atoms with Crippen molar-refractivity contribution in [2.24, 2.45) is 10.4 Å². The molecule has 0 aromatic carbocycles. The van der Waals surface area contributed by atoms with E-state index >= 15 is 0 Å². The Labute approximate surface area is 169 Å². The smallest absolute Gasteiger partial charge is 0.305 e. The summed E-state index contributed by atoms with van der Waals surface area (Å²) in [4.78, 5) is 16.1. The average Bonchev–Trinajstić information content (AvgIpc) is 3.04. The van der Waals surface area contributed by atoms with Gasteiger partial charge in [-0.15, -0.1) is 24.0 Å². The first kappa shape index (κ1) is 24.4. The molecule has 1 aliphatic rings. The lowest BCUT2D eigenvalue weighted by molar-refractivity contribution is -0.143. The minimum Gasteiger partial charge on any atom is -0.466 e. The topological polar surface area (TPSA) is 72.0 Å². The van der Waals surface area contributed by atoms with Gasteiger partial charge in [-0.25, -0.2) is 0 Å². The molecule has 0 radical (unpaired) electrons. The van der Waals surface area contributed by atoms with Crippen molar-refractivity contribution in [2.45, 2.75) is 58.8 Å². The maximum absolute atomic E-state index is 11.3. The Morgan fingerprint density at radius 3 is 2.52 bits per heavy atom. The number of hydrogen-bond donors (Lipinski definition) is 2. The lowest BCUT2D eigenvalue weighted by Crippen LogP contribution is -2.39. The van der Waals surface area contributed by atoms with Gasteiger partial charge in [0, 0.05) is 39.8 Å². The minimum absolute atomic E-state index is 0. The molecule has 1 rings (SSSR count). The van der Waals surface area contributed by atoms with Crippen LogP contribution in [0.5, 0.6) is 0 Å². The quantitative estimate of drug-likeness (QED) is 0.160. The van der Waals surface area contributed by atoms with Gasteiger partial charge in [0.15, 0.2) is 5.96 Å². The van der Waals surface area contributed by atoms with E-state index in [0.29, 0.717) is 18.4 Å². The summed E-state index contributed by atoms with van der Waals surface area (Å²) < 4.78 is 10.2. The zero-order valence-electron chi connectivity index (χ0n) is 16.1. The predicted octanol–water partition coefficient (Wildman–Crippen LogP) is 3.10. The van der Waals surface area contributed by atoms with Crippen LogP contribution in [0.4, 0.5) is 0 Å². The van der Waals surface area contributed by atoms with Crippen LogP contribution < -0.4 is 10.6 Å². The standard InChI is InChI=1S/C18H35N3O3.HI/c1-4-19-17(20-13-8-9-16(22)24-5-2)21-15-18(12-14-23-3)10-6-7-11-18;/h4-15H2,1-3H3,(H2,19,20,21);1H. The van der Waals surface area contributed by atoms with E-state index < -0.39 is 0 Å². The third-order valence-corrected chi connectivity index (χ3v) is 4.57. The molecule has 0 atom stereocenters. The van der Waals surface area contributed by atoms with E-state index in [-0.39, 0.29) is 29.9 Å².